The summed E-state index contributed by atoms with van der Waals surface area (Å²) in [6, 6.07) is 0. The highest BCUT2D eigenvalue weighted by molar-refractivity contribution is 5.78. The minimum absolute atomic E-state index is 0.000625. The Balaban J connectivity index is 1.95. The lowest BCUT2D eigenvalue weighted by Gasteiger charge is -2.62. The molecule has 0 amide bonds. The van der Waals surface area contributed by atoms with Gasteiger partial charge in [-0.05, 0) is 61.7 Å². The van der Waals surface area contributed by atoms with Gasteiger partial charge in [0.05, 0.1) is 12.2 Å². The molecule has 0 aromatic rings. The molecule has 4 unspecified atom stereocenters. The highest BCUT2D eigenvalue weighted by Gasteiger charge is 2.58. The van der Waals surface area contributed by atoms with Crippen LogP contribution in [0.2, 0.25) is 0 Å². The highest BCUT2D eigenvalue weighted by Crippen LogP contribution is 2.63. The molecule has 1 saturated heterocycles. The van der Waals surface area contributed by atoms with Crippen LogP contribution in [0.4, 0.5) is 0 Å². The SMILES string of the molecule is CC1(C)CCCC2(C)C1CCC1(C)OCCC(=O)CCC12. The fourth-order valence-electron chi connectivity index (χ4n) is 6.24. The van der Waals surface area contributed by atoms with E-state index in [0.29, 0.717) is 35.6 Å². The smallest absolute Gasteiger partial charge is 0.135 e. The van der Waals surface area contributed by atoms with E-state index in [4.69, 9.17) is 4.74 Å². The second kappa shape index (κ2) is 5.08. The Labute approximate surface area is 130 Å². The minimum Gasteiger partial charge on any atom is -0.375 e. The van der Waals surface area contributed by atoms with E-state index in [9.17, 15) is 4.79 Å². The predicted molar refractivity (Wildman–Crippen MR) is 85.2 cm³/mol. The Morgan fingerprint density at radius 1 is 0.952 bits per heavy atom. The molecule has 2 saturated carbocycles. The molecule has 0 aromatic heterocycles. The first kappa shape index (κ1) is 15.5. The van der Waals surface area contributed by atoms with Crippen LogP contribution in [-0.2, 0) is 9.53 Å². The van der Waals surface area contributed by atoms with E-state index in [-0.39, 0.29) is 5.60 Å². The molecule has 1 aliphatic heterocycles. The summed E-state index contributed by atoms with van der Waals surface area (Å²) in [5, 5.41) is 0. The lowest BCUT2D eigenvalue weighted by atomic mass is 9.45. The van der Waals surface area contributed by atoms with Crippen molar-refractivity contribution in [2.45, 2.75) is 84.7 Å². The summed E-state index contributed by atoms with van der Waals surface area (Å²) in [6.07, 6.45) is 8.91. The maximum Gasteiger partial charge on any atom is 0.135 e. The molecule has 2 nitrogen and oxygen atoms in total. The average Bonchev–Trinajstić information content (AvgIpc) is 2.34. The molecule has 4 atom stereocenters. The molecule has 2 heteroatoms. The van der Waals surface area contributed by atoms with Crippen LogP contribution in [0.3, 0.4) is 0 Å². The van der Waals surface area contributed by atoms with Crippen LogP contribution < -0.4 is 0 Å². The minimum atomic E-state index is -0.000625. The van der Waals surface area contributed by atoms with E-state index in [2.05, 4.69) is 27.7 Å². The lowest BCUT2D eigenvalue weighted by molar-refractivity contribution is -0.197. The van der Waals surface area contributed by atoms with Crippen molar-refractivity contribution in [2.75, 3.05) is 6.61 Å². The van der Waals surface area contributed by atoms with Crippen molar-refractivity contribution in [1.82, 2.24) is 0 Å². The molecule has 21 heavy (non-hydrogen) atoms. The number of Topliss-reactive ketones (excluding diaryl/α,β-unsaturated/α-hetero) is 1. The van der Waals surface area contributed by atoms with Gasteiger partial charge in [0, 0.05) is 12.8 Å². The number of ether oxygens (including phenoxy) is 1. The third kappa shape index (κ3) is 2.48. The van der Waals surface area contributed by atoms with Crippen LogP contribution in [0.1, 0.15) is 79.1 Å². The maximum atomic E-state index is 11.9. The molecule has 0 N–H and O–H groups in total. The van der Waals surface area contributed by atoms with Crippen molar-refractivity contribution < 1.29 is 9.53 Å². The van der Waals surface area contributed by atoms with E-state index in [1.807, 2.05) is 0 Å². The molecular weight excluding hydrogens is 260 g/mol. The van der Waals surface area contributed by atoms with Crippen molar-refractivity contribution in [3.63, 3.8) is 0 Å². The summed E-state index contributed by atoms with van der Waals surface area (Å²) in [5.74, 6) is 1.74. The summed E-state index contributed by atoms with van der Waals surface area (Å²) in [7, 11) is 0. The number of rotatable bonds is 0. The maximum absolute atomic E-state index is 11.9. The quantitative estimate of drug-likeness (QED) is 0.643. The third-order valence-electron chi connectivity index (χ3n) is 7.26. The van der Waals surface area contributed by atoms with Crippen LogP contribution >= 0.6 is 0 Å². The van der Waals surface area contributed by atoms with Crippen LogP contribution in [0.5, 0.6) is 0 Å². The summed E-state index contributed by atoms with van der Waals surface area (Å²) in [6.45, 7) is 10.4. The fraction of sp³-hybridized carbons (Fsp3) is 0.947. The van der Waals surface area contributed by atoms with Gasteiger partial charge in [0.1, 0.15) is 5.78 Å². The van der Waals surface area contributed by atoms with Crippen LogP contribution in [0.25, 0.3) is 0 Å². The van der Waals surface area contributed by atoms with Gasteiger partial charge in [-0.1, -0.05) is 27.2 Å². The Hall–Kier alpha value is -0.370. The Kier molecular flexibility index (Phi) is 3.75. The first-order valence-corrected chi connectivity index (χ1v) is 8.94. The molecule has 0 aromatic carbocycles. The van der Waals surface area contributed by atoms with Gasteiger partial charge in [0.15, 0.2) is 0 Å². The molecule has 2 aliphatic carbocycles. The number of carbonyl (C=O) groups excluding carboxylic acids is 1. The zero-order chi connectivity index (χ0) is 15.3. The standard InChI is InChI=1S/C19H32O2/c1-17(2)10-5-11-18(3)15(17)8-12-19(4)16(18)7-6-14(20)9-13-21-19/h15-16H,5-13H2,1-4H3. The molecule has 3 fully saturated rings. The third-order valence-corrected chi connectivity index (χ3v) is 7.26. The molecule has 3 rings (SSSR count). The Morgan fingerprint density at radius 3 is 2.48 bits per heavy atom. The normalized spacial score (nSPS) is 47.0. The molecular formula is C19H32O2. The number of fused-ring (bicyclic) bond motifs is 3. The van der Waals surface area contributed by atoms with E-state index in [0.717, 1.165) is 18.8 Å². The predicted octanol–water partition coefficient (Wildman–Crippen LogP) is 4.76. The monoisotopic (exact) mass is 292 g/mol. The number of carbonyl (C=O) groups is 1. The van der Waals surface area contributed by atoms with Crippen molar-refractivity contribution >= 4 is 5.78 Å². The second-order valence-electron chi connectivity index (χ2n) is 8.98. The summed E-state index contributed by atoms with van der Waals surface area (Å²) >= 11 is 0. The number of hydrogen-bond donors (Lipinski definition) is 0. The van der Waals surface area contributed by atoms with Gasteiger partial charge in [-0.25, -0.2) is 0 Å². The number of ketones is 1. The first-order chi connectivity index (χ1) is 9.78. The zero-order valence-corrected chi connectivity index (χ0v) is 14.3. The van der Waals surface area contributed by atoms with E-state index in [1.54, 1.807) is 0 Å². The number of hydrogen-bond acceptors (Lipinski definition) is 2. The molecule has 120 valence electrons. The van der Waals surface area contributed by atoms with Gasteiger partial charge >= 0.3 is 0 Å². The highest BCUT2D eigenvalue weighted by atomic mass is 16.5. The second-order valence-corrected chi connectivity index (χ2v) is 8.98. The van der Waals surface area contributed by atoms with Crippen molar-refractivity contribution in [2.24, 2.45) is 22.7 Å². The van der Waals surface area contributed by atoms with Gasteiger partial charge in [-0.2, -0.15) is 0 Å². The molecule has 0 spiro atoms. The van der Waals surface area contributed by atoms with Crippen LogP contribution in [0.15, 0.2) is 0 Å². The van der Waals surface area contributed by atoms with E-state index < -0.39 is 0 Å². The Morgan fingerprint density at radius 2 is 1.71 bits per heavy atom. The Bertz CT molecular complexity index is 427. The van der Waals surface area contributed by atoms with Crippen molar-refractivity contribution in [1.29, 1.82) is 0 Å². The zero-order valence-electron chi connectivity index (χ0n) is 14.3. The largest absolute Gasteiger partial charge is 0.375 e. The van der Waals surface area contributed by atoms with Gasteiger partial charge < -0.3 is 4.74 Å². The van der Waals surface area contributed by atoms with Gasteiger partial charge in [-0.3, -0.25) is 4.79 Å². The van der Waals surface area contributed by atoms with Gasteiger partial charge in [0.2, 0.25) is 0 Å². The van der Waals surface area contributed by atoms with E-state index >= 15 is 0 Å². The fourth-order valence-corrected chi connectivity index (χ4v) is 6.24. The summed E-state index contributed by atoms with van der Waals surface area (Å²) in [4.78, 5) is 11.9. The first-order valence-electron chi connectivity index (χ1n) is 8.94. The lowest BCUT2D eigenvalue weighted by Crippen LogP contribution is -2.59. The molecule has 0 radical (unpaired) electrons. The summed E-state index contributed by atoms with van der Waals surface area (Å²) in [5.41, 5.74) is 0.798. The van der Waals surface area contributed by atoms with E-state index in [1.165, 1.54) is 32.1 Å². The molecule has 3 aliphatic rings. The molecule has 0 bridgehead atoms. The summed E-state index contributed by atoms with van der Waals surface area (Å²) < 4.78 is 6.31. The van der Waals surface area contributed by atoms with Crippen molar-refractivity contribution in [3.05, 3.63) is 0 Å². The van der Waals surface area contributed by atoms with Gasteiger partial charge in [0.25, 0.3) is 0 Å². The van der Waals surface area contributed by atoms with Crippen LogP contribution in [0, 0.1) is 22.7 Å². The average molecular weight is 292 g/mol. The van der Waals surface area contributed by atoms with Crippen molar-refractivity contribution in [3.8, 4) is 0 Å². The molecule has 1 heterocycles. The topological polar surface area (TPSA) is 26.3 Å². The van der Waals surface area contributed by atoms with Gasteiger partial charge in [-0.15, -0.1) is 0 Å². The van der Waals surface area contributed by atoms with Crippen LogP contribution in [-0.4, -0.2) is 18.0 Å².